The Morgan fingerprint density at radius 1 is 1.46 bits per heavy atom. The minimum atomic E-state index is -1.11. The van der Waals surface area contributed by atoms with Gasteiger partial charge in [-0.2, -0.15) is 0 Å². The van der Waals surface area contributed by atoms with E-state index in [2.05, 4.69) is 10.3 Å². The molecule has 2 aromatic heterocycles. The molecule has 1 amide bonds. The van der Waals surface area contributed by atoms with Gasteiger partial charge < -0.3 is 25.0 Å². The summed E-state index contributed by atoms with van der Waals surface area (Å²) in [6.45, 7) is 0.0335. The van der Waals surface area contributed by atoms with Gasteiger partial charge in [0, 0.05) is 19.0 Å². The summed E-state index contributed by atoms with van der Waals surface area (Å²) in [5, 5.41) is 21.1. The molecule has 1 saturated heterocycles. The maximum atomic E-state index is 12.5. The molecule has 10 heteroatoms. The number of aliphatic carboxylic acids is 1. The Morgan fingerprint density at radius 3 is 3.04 bits per heavy atom. The van der Waals surface area contributed by atoms with Crippen LogP contribution in [0.15, 0.2) is 29.3 Å². The van der Waals surface area contributed by atoms with E-state index in [0.29, 0.717) is 13.0 Å². The van der Waals surface area contributed by atoms with E-state index in [-0.39, 0.29) is 23.6 Å². The molecule has 3 rings (SSSR count). The van der Waals surface area contributed by atoms with Crippen molar-refractivity contribution in [2.24, 2.45) is 0 Å². The summed E-state index contributed by atoms with van der Waals surface area (Å²) >= 11 is 0. The number of carbonyl (C=O) groups is 2. The normalized spacial score (nSPS) is 20.0. The van der Waals surface area contributed by atoms with Crippen LogP contribution in [-0.4, -0.2) is 63.4 Å². The molecule has 0 aliphatic carbocycles. The summed E-state index contributed by atoms with van der Waals surface area (Å²) in [4.78, 5) is 39.6. The Labute approximate surface area is 147 Å². The molecular formula is C16H17N3O7. The van der Waals surface area contributed by atoms with Crippen LogP contribution in [0.2, 0.25) is 0 Å². The number of nitrogens with zero attached hydrogens (tertiary/aromatic N) is 2. The van der Waals surface area contributed by atoms with Gasteiger partial charge in [-0.1, -0.05) is 0 Å². The minimum absolute atomic E-state index is 0.0396. The van der Waals surface area contributed by atoms with E-state index in [1.807, 2.05) is 0 Å². The first kappa shape index (κ1) is 17.8. The van der Waals surface area contributed by atoms with Crippen molar-refractivity contribution in [1.82, 2.24) is 14.7 Å². The number of aromatic nitrogens is 2. The SMILES string of the molecule is O=C(O)CO[C@H]1CCOC[C@H]1NC(=O)c1cnc2c(O)cccn2c1=O. The summed E-state index contributed by atoms with van der Waals surface area (Å²) in [7, 11) is 0. The quantitative estimate of drug-likeness (QED) is 0.639. The second-order valence-electron chi connectivity index (χ2n) is 5.75. The van der Waals surface area contributed by atoms with Crippen molar-refractivity contribution in [3.63, 3.8) is 0 Å². The predicted octanol–water partition coefficient (Wildman–Crippen LogP) is -0.611. The van der Waals surface area contributed by atoms with Gasteiger partial charge in [-0.15, -0.1) is 0 Å². The number of hydrogen-bond acceptors (Lipinski definition) is 7. The molecular weight excluding hydrogens is 346 g/mol. The van der Waals surface area contributed by atoms with Crippen LogP contribution < -0.4 is 10.9 Å². The van der Waals surface area contributed by atoms with Crippen molar-refractivity contribution in [3.8, 4) is 5.75 Å². The Hall–Kier alpha value is -2.98. The standard InChI is InChI=1S/C16H17N3O7/c20-11-2-1-4-19-14(11)17-6-9(16(19)24)15(23)18-10-7-25-5-3-12(10)26-8-13(21)22/h1-2,4,6,10,12,20H,3,5,7-8H2,(H,18,23)(H,21,22)/t10-,12+/m1/s1. The average molecular weight is 363 g/mol. The number of rotatable bonds is 5. The highest BCUT2D eigenvalue weighted by Crippen LogP contribution is 2.14. The molecule has 2 atom stereocenters. The van der Waals surface area contributed by atoms with E-state index in [1.165, 1.54) is 18.3 Å². The van der Waals surface area contributed by atoms with Crippen LogP contribution >= 0.6 is 0 Å². The topological polar surface area (TPSA) is 139 Å². The molecule has 1 aliphatic rings. The van der Waals surface area contributed by atoms with Crippen molar-refractivity contribution in [3.05, 3.63) is 40.4 Å². The lowest BCUT2D eigenvalue weighted by molar-refractivity contribution is -0.147. The summed E-state index contributed by atoms with van der Waals surface area (Å²) in [5.74, 6) is -1.97. The number of carboxylic acids is 1. The van der Waals surface area contributed by atoms with Gasteiger partial charge >= 0.3 is 5.97 Å². The first-order valence-electron chi connectivity index (χ1n) is 7.88. The van der Waals surface area contributed by atoms with Crippen molar-refractivity contribution < 1.29 is 29.3 Å². The Morgan fingerprint density at radius 2 is 2.27 bits per heavy atom. The van der Waals surface area contributed by atoms with Gasteiger partial charge in [-0.3, -0.25) is 14.0 Å². The number of ether oxygens (including phenoxy) is 2. The Bertz CT molecular complexity index is 895. The van der Waals surface area contributed by atoms with Crippen molar-refractivity contribution >= 4 is 17.5 Å². The number of amides is 1. The van der Waals surface area contributed by atoms with Gasteiger partial charge in [0.05, 0.1) is 18.8 Å². The van der Waals surface area contributed by atoms with E-state index in [9.17, 15) is 19.5 Å². The van der Waals surface area contributed by atoms with E-state index < -0.39 is 36.2 Å². The Balaban J connectivity index is 1.80. The number of carbonyl (C=O) groups excluding carboxylic acids is 1. The largest absolute Gasteiger partial charge is 0.504 e. The Kier molecular flexibility index (Phi) is 5.14. The third kappa shape index (κ3) is 3.65. The van der Waals surface area contributed by atoms with Crippen molar-refractivity contribution in [1.29, 1.82) is 0 Å². The van der Waals surface area contributed by atoms with Gasteiger partial charge in [0.15, 0.2) is 11.4 Å². The second-order valence-corrected chi connectivity index (χ2v) is 5.75. The molecule has 138 valence electrons. The number of nitrogens with one attached hydrogen (secondary N) is 1. The molecule has 1 fully saturated rings. The van der Waals surface area contributed by atoms with Gasteiger partial charge in [-0.25, -0.2) is 9.78 Å². The molecule has 0 unspecified atom stereocenters. The molecule has 0 bridgehead atoms. The zero-order valence-corrected chi connectivity index (χ0v) is 13.6. The van der Waals surface area contributed by atoms with Gasteiger partial charge in [0.25, 0.3) is 11.5 Å². The minimum Gasteiger partial charge on any atom is -0.504 e. The molecule has 3 heterocycles. The van der Waals surface area contributed by atoms with Gasteiger partial charge in [0.2, 0.25) is 0 Å². The zero-order chi connectivity index (χ0) is 18.7. The first-order valence-corrected chi connectivity index (χ1v) is 7.88. The zero-order valence-electron chi connectivity index (χ0n) is 13.6. The van der Waals surface area contributed by atoms with Crippen LogP contribution in [0, 0.1) is 0 Å². The lowest BCUT2D eigenvalue weighted by atomic mass is 10.1. The summed E-state index contributed by atoms with van der Waals surface area (Å²) in [5.41, 5.74) is -0.809. The summed E-state index contributed by atoms with van der Waals surface area (Å²) < 4.78 is 11.7. The van der Waals surface area contributed by atoms with E-state index >= 15 is 0 Å². The molecule has 0 spiro atoms. The molecule has 2 aromatic rings. The fourth-order valence-corrected chi connectivity index (χ4v) is 2.72. The average Bonchev–Trinajstić information content (AvgIpc) is 2.62. The highest BCUT2D eigenvalue weighted by molar-refractivity contribution is 5.94. The highest BCUT2D eigenvalue weighted by atomic mass is 16.5. The van der Waals surface area contributed by atoms with Crippen LogP contribution in [0.3, 0.4) is 0 Å². The third-order valence-corrected chi connectivity index (χ3v) is 3.99. The lowest BCUT2D eigenvalue weighted by Crippen LogP contribution is -2.51. The number of aromatic hydroxyl groups is 1. The fraction of sp³-hybridized carbons (Fsp3) is 0.375. The molecule has 0 radical (unpaired) electrons. The number of pyridine rings is 1. The van der Waals surface area contributed by atoms with Crippen molar-refractivity contribution in [2.75, 3.05) is 19.8 Å². The predicted molar refractivity (Wildman–Crippen MR) is 87.2 cm³/mol. The maximum Gasteiger partial charge on any atom is 0.329 e. The highest BCUT2D eigenvalue weighted by Gasteiger charge is 2.29. The van der Waals surface area contributed by atoms with Crippen LogP contribution in [0.1, 0.15) is 16.8 Å². The number of fused-ring (bicyclic) bond motifs is 1. The first-order chi connectivity index (χ1) is 12.5. The smallest absolute Gasteiger partial charge is 0.329 e. The second kappa shape index (κ2) is 7.50. The van der Waals surface area contributed by atoms with E-state index in [1.54, 1.807) is 0 Å². The molecule has 10 nitrogen and oxygen atoms in total. The van der Waals surface area contributed by atoms with Crippen LogP contribution in [-0.2, 0) is 14.3 Å². The van der Waals surface area contributed by atoms with Gasteiger partial charge in [0.1, 0.15) is 12.2 Å². The molecule has 26 heavy (non-hydrogen) atoms. The summed E-state index contributed by atoms with van der Waals surface area (Å²) in [6.07, 6.45) is 2.36. The van der Waals surface area contributed by atoms with E-state index in [4.69, 9.17) is 14.6 Å². The maximum absolute atomic E-state index is 12.5. The van der Waals surface area contributed by atoms with Crippen LogP contribution in [0.4, 0.5) is 0 Å². The monoisotopic (exact) mass is 363 g/mol. The van der Waals surface area contributed by atoms with Crippen LogP contribution in [0.5, 0.6) is 5.75 Å². The van der Waals surface area contributed by atoms with Gasteiger partial charge in [-0.05, 0) is 18.6 Å². The molecule has 3 N–H and O–H groups in total. The fourth-order valence-electron chi connectivity index (χ4n) is 2.72. The number of hydrogen-bond donors (Lipinski definition) is 3. The van der Waals surface area contributed by atoms with E-state index in [0.717, 1.165) is 10.6 Å². The third-order valence-electron chi connectivity index (χ3n) is 3.99. The summed E-state index contributed by atoms with van der Waals surface area (Å²) in [6, 6.07) is 2.24. The van der Waals surface area contributed by atoms with Crippen molar-refractivity contribution in [2.45, 2.75) is 18.6 Å². The number of carboxylic acid groups (broad SMARTS) is 1. The molecule has 0 saturated carbocycles. The lowest BCUT2D eigenvalue weighted by Gasteiger charge is -2.31. The molecule has 1 aliphatic heterocycles. The van der Waals surface area contributed by atoms with Crippen LogP contribution in [0.25, 0.3) is 5.65 Å². The molecule has 0 aromatic carbocycles.